The third-order valence-corrected chi connectivity index (χ3v) is 7.07. The number of nitrogens with one attached hydrogen (secondary N) is 1. The van der Waals surface area contributed by atoms with Crippen LogP contribution >= 0.6 is 23.1 Å². The SMILES string of the molecule is CCOC(=O)c1sc2nc([C@@H](C)Sc3nnc(C4CC4)n3C)[nH]c(=O)c2c1C. The number of ether oxygens (including phenoxy) is 1. The van der Waals surface area contributed by atoms with Gasteiger partial charge in [0.15, 0.2) is 5.16 Å². The maximum Gasteiger partial charge on any atom is 0.348 e. The van der Waals surface area contributed by atoms with Crippen LogP contribution in [0.15, 0.2) is 9.95 Å². The molecule has 148 valence electrons. The van der Waals surface area contributed by atoms with Crippen LogP contribution in [0.5, 0.6) is 0 Å². The van der Waals surface area contributed by atoms with E-state index in [4.69, 9.17) is 4.74 Å². The van der Waals surface area contributed by atoms with Crippen molar-refractivity contribution < 1.29 is 9.53 Å². The number of rotatable bonds is 6. The molecule has 0 aromatic carbocycles. The van der Waals surface area contributed by atoms with Gasteiger partial charge in [-0.1, -0.05) is 11.8 Å². The van der Waals surface area contributed by atoms with Gasteiger partial charge >= 0.3 is 5.97 Å². The Labute approximate surface area is 169 Å². The summed E-state index contributed by atoms with van der Waals surface area (Å²) in [6.07, 6.45) is 2.33. The first-order chi connectivity index (χ1) is 13.4. The minimum Gasteiger partial charge on any atom is -0.462 e. The second-order valence-corrected chi connectivity index (χ2v) is 9.15. The van der Waals surface area contributed by atoms with Crippen LogP contribution in [-0.2, 0) is 11.8 Å². The third-order valence-electron chi connectivity index (χ3n) is 4.76. The summed E-state index contributed by atoms with van der Waals surface area (Å²) < 4.78 is 7.10. The van der Waals surface area contributed by atoms with E-state index in [0.717, 1.165) is 23.8 Å². The van der Waals surface area contributed by atoms with Gasteiger partial charge < -0.3 is 14.3 Å². The lowest BCUT2D eigenvalue weighted by atomic mass is 10.2. The number of carbonyl (C=O) groups is 1. The Bertz CT molecular complexity index is 1110. The molecule has 1 atom stereocenters. The van der Waals surface area contributed by atoms with Crippen molar-refractivity contribution >= 4 is 39.3 Å². The number of H-pyrrole nitrogens is 1. The van der Waals surface area contributed by atoms with Gasteiger partial charge in [-0.3, -0.25) is 4.79 Å². The number of fused-ring (bicyclic) bond motifs is 1. The summed E-state index contributed by atoms with van der Waals surface area (Å²) in [6, 6.07) is 0. The van der Waals surface area contributed by atoms with Gasteiger partial charge in [0.1, 0.15) is 21.4 Å². The minimum atomic E-state index is -0.418. The van der Waals surface area contributed by atoms with Gasteiger partial charge in [0.05, 0.1) is 17.2 Å². The fourth-order valence-corrected chi connectivity index (χ4v) is 5.05. The van der Waals surface area contributed by atoms with Crippen LogP contribution in [0.25, 0.3) is 10.2 Å². The lowest BCUT2D eigenvalue weighted by Crippen LogP contribution is -2.13. The number of esters is 1. The zero-order valence-corrected chi connectivity index (χ0v) is 17.7. The molecule has 0 bridgehead atoms. The van der Waals surface area contributed by atoms with Crippen LogP contribution in [0.2, 0.25) is 0 Å². The molecule has 0 saturated heterocycles. The third kappa shape index (κ3) is 3.35. The molecule has 8 nitrogen and oxygen atoms in total. The summed E-state index contributed by atoms with van der Waals surface area (Å²) in [5.41, 5.74) is 0.370. The number of thioether (sulfide) groups is 1. The van der Waals surface area contributed by atoms with Crippen molar-refractivity contribution in [1.82, 2.24) is 24.7 Å². The molecule has 28 heavy (non-hydrogen) atoms. The summed E-state index contributed by atoms with van der Waals surface area (Å²) in [5, 5.41) is 9.70. The van der Waals surface area contributed by atoms with E-state index in [9.17, 15) is 9.59 Å². The van der Waals surface area contributed by atoms with Crippen molar-refractivity contribution in [2.45, 2.75) is 49.9 Å². The van der Waals surface area contributed by atoms with E-state index in [1.807, 2.05) is 18.5 Å². The molecule has 10 heteroatoms. The zero-order valence-electron chi connectivity index (χ0n) is 16.1. The average molecular weight is 420 g/mol. The smallest absolute Gasteiger partial charge is 0.348 e. The number of aromatic amines is 1. The molecule has 3 aromatic rings. The molecule has 0 spiro atoms. The molecule has 1 aliphatic rings. The second-order valence-electron chi connectivity index (χ2n) is 6.84. The van der Waals surface area contributed by atoms with E-state index in [1.54, 1.807) is 13.8 Å². The van der Waals surface area contributed by atoms with Crippen molar-refractivity contribution in [3.63, 3.8) is 0 Å². The van der Waals surface area contributed by atoms with Crippen molar-refractivity contribution in [3.05, 3.63) is 32.4 Å². The molecule has 1 N–H and O–H groups in total. The number of aryl methyl sites for hydroxylation is 1. The van der Waals surface area contributed by atoms with Gasteiger partial charge in [-0.25, -0.2) is 9.78 Å². The lowest BCUT2D eigenvalue weighted by molar-refractivity contribution is 0.0531. The Morgan fingerprint density at radius 2 is 2.18 bits per heavy atom. The first-order valence-corrected chi connectivity index (χ1v) is 10.9. The van der Waals surface area contributed by atoms with Crippen LogP contribution in [0.4, 0.5) is 0 Å². The van der Waals surface area contributed by atoms with Crippen LogP contribution in [0, 0.1) is 6.92 Å². The quantitative estimate of drug-likeness (QED) is 0.483. The average Bonchev–Trinajstić information content (AvgIpc) is 3.35. The van der Waals surface area contributed by atoms with Crippen molar-refractivity contribution in [2.75, 3.05) is 6.61 Å². The Hall–Kier alpha value is -2.20. The summed E-state index contributed by atoms with van der Waals surface area (Å²) >= 11 is 2.70. The molecule has 0 aliphatic heterocycles. The van der Waals surface area contributed by atoms with Gasteiger partial charge in [0.25, 0.3) is 5.56 Å². The lowest BCUT2D eigenvalue weighted by Gasteiger charge is -2.10. The Balaban J connectivity index is 1.65. The van der Waals surface area contributed by atoms with E-state index in [2.05, 4.69) is 20.2 Å². The fraction of sp³-hybridized carbons (Fsp3) is 0.500. The number of carbonyl (C=O) groups excluding carboxylic acids is 1. The molecule has 3 heterocycles. The summed E-state index contributed by atoms with van der Waals surface area (Å²) in [5.74, 6) is 1.67. The van der Waals surface area contributed by atoms with Gasteiger partial charge in [0, 0.05) is 13.0 Å². The topological polar surface area (TPSA) is 103 Å². The maximum atomic E-state index is 12.7. The van der Waals surface area contributed by atoms with Crippen molar-refractivity contribution in [3.8, 4) is 0 Å². The van der Waals surface area contributed by atoms with Crippen LogP contribution in [0.1, 0.15) is 64.7 Å². The zero-order chi connectivity index (χ0) is 20.0. The van der Waals surface area contributed by atoms with Gasteiger partial charge in [0.2, 0.25) is 0 Å². The molecular formula is C18H21N5O3S2. The molecule has 3 aromatic heterocycles. The molecule has 4 rings (SSSR count). The second kappa shape index (κ2) is 7.32. The first-order valence-electron chi connectivity index (χ1n) is 9.17. The van der Waals surface area contributed by atoms with Crippen LogP contribution in [-0.4, -0.2) is 37.3 Å². The molecule has 1 fully saturated rings. The van der Waals surface area contributed by atoms with Gasteiger partial charge in [-0.15, -0.1) is 21.5 Å². The van der Waals surface area contributed by atoms with E-state index < -0.39 is 5.97 Å². The highest BCUT2D eigenvalue weighted by Crippen LogP contribution is 2.41. The normalized spacial score (nSPS) is 15.1. The summed E-state index contributed by atoms with van der Waals surface area (Å²) in [4.78, 5) is 33.2. The van der Waals surface area contributed by atoms with E-state index in [0.29, 0.717) is 32.4 Å². The van der Waals surface area contributed by atoms with Crippen LogP contribution < -0.4 is 5.56 Å². The standard InChI is InChI=1S/C18H21N5O3S2/c1-5-26-17(25)12-8(2)11-15(24)19-13(20-16(11)28-12)9(3)27-18-22-21-14(23(18)4)10-6-7-10/h9-10H,5-7H2,1-4H3,(H,19,20,24)/t9-/m1/s1. The molecule has 1 aliphatic carbocycles. The molecular weight excluding hydrogens is 398 g/mol. The van der Waals surface area contributed by atoms with Crippen molar-refractivity contribution in [2.24, 2.45) is 7.05 Å². The monoisotopic (exact) mass is 419 g/mol. The molecule has 0 unspecified atom stereocenters. The number of aromatic nitrogens is 5. The minimum absolute atomic E-state index is 0.125. The van der Waals surface area contributed by atoms with Crippen LogP contribution in [0.3, 0.4) is 0 Å². The van der Waals surface area contributed by atoms with Crippen molar-refractivity contribution in [1.29, 1.82) is 0 Å². The molecule has 0 radical (unpaired) electrons. The number of nitrogens with zero attached hydrogens (tertiary/aromatic N) is 4. The predicted octanol–water partition coefficient (Wildman–Crippen LogP) is 3.33. The van der Waals surface area contributed by atoms with Gasteiger partial charge in [-0.05, 0) is 39.2 Å². The number of thiophene rings is 1. The van der Waals surface area contributed by atoms with E-state index in [-0.39, 0.29) is 17.4 Å². The first kappa shape index (κ1) is 19.1. The summed E-state index contributed by atoms with van der Waals surface area (Å²) in [6.45, 7) is 5.76. The Kier molecular flexibility index (Phi) is 5.00. The van der Waals surface area contributed by atoms with E-state index in [1.165, 1.54) is 23.1 Å². The molecule has 0 amide bonds. The maximum absolute atomic E-state index is 12.7. The molecule has 1 saturated carbocycles. The largest absolute Gasteiger partial charge is 0.462 e. The highest BCUT2D eigenvalue weighted by molar-refractivity contribution is 7.99. The number of hydrogen-bond acceptors (Lipinski definition) is 8. The fourth-order valence-electron chi connectivity index (χ4n) is 3.08. The highest BCUT2D eigenvalue weighted by atomic mass is 32.2. The Morgan fingerprint density at radius 3 is 2.86 bits per heavy atom. The van der Waals surface area contributed by atoms with E-state index >= 15 is 0 Å². The summed E-state index contributed by atoms with van der Waals surface area (Å²) in [7, 11) is 1.97. The predicted molar refractivity (Wildman–Crippen MR) is 108 cm³/mol. The number of hydrogen-bond donors (Lipinski definition) is 1. The Morgan fingerprint density at radius 1 is 1.43 bits per heavy atom. The highest BCUT2D eigenvalue weighted by Gasteiger charge is 2.30. The van der Waals surface area contributed by atoms with Gasteiger partial charge in [-0.2, -0.15) is 0 Å².